The largest absolute Gasteiger partial charge is 0.228 e. The van der Waals surface area contributed by atoms with Crippen LogP contribution in [0.4, 0.5) is 0 Å². The average molecular weight is 297 g/mol. The Hall–Kier alpha value is -0.0400. The van der Waals surface area contributed by atoms with E-state index >= 15 is 0 Å². The van der Waals surface area contributed by atoms with Crippen LogP contribution < -0.4 is 5.32 Å². The molecule has 0 unspecified atom stereocenters. The van der Waals surface area contributed by atoms with Gasteiger partial charge in [-0.25, -0.2) is 5.32 Å². The predicted molar refractivity (Wildman–Crippen MR) is 97.0 cm³/mol. The summed E-state index contributed by atoms with van der Waals surface area (Å²) in [4.78, 5) is 0. The molecule has 0 heterocycles. The molecule has 0 rings (SSSR count). The summed E-state index contributed by atoms with van der Waals surface area (Å²) in [5.74, 6) is 0. The van der Waals surface area contributed by atoms with Crippen molar-refractivity contribution in [3.05, 3.63) is 0 Å². The van der Waals surface area contributed by atoms with Gasteiger partial charge in [0.15, 0.2) is 0 Å². The summed E-state index contributed by atoms with van der Waals surface area (Å²) in [6.45, 7) is 14.0. The smallest absolute Gasteiger partial charge is 0.0363 e. The number of hydrogen-bond donors (Lipinski definition) is 0. The van der Waals surface area contributed by atoms with E-state index in [0.717, 1.165) is 0 Å². The van der Waals surface area contributed by atoms with Gasteiger partial charge in [-0.05, 0) is 38.5 Å². The molecule has 0 saturated heterocycles. The van der Waals surface area contributed by atoms with Gasteiger partial charge in [0.05, 0.1) is 0 Å². The third kappa shape index (κ3) is 7.17. The summed E-state index contributed by atoms with van der Waals surface area (Å²) < 4.78 is 0. The lowest BCUT2D eigenvalue weighted by atomic mass is 9.77. The first kappa shape index (κ1) is 21.0. The van der Waals surface area contributed by atoms with Crippen LogP contribution in [-0.2, 0) is 0 Å². The summed E-state index contributed by atoms with van der Waals surface area (Å²) in [6.07, 6.45) is 15.3. The van der Waals surface area contributed by atoms with E-state index in [1.807, 2.05) is 0 Å². The Kier molecular flexibility index (Phi) is 11.5. The highest BCUT2D eigenvalue weighted by Crippen LogP contribution is 2.36. The second-order valence-corrected chi connectivity index (χ2v) is 7.06. The fraction of sp³-hybridized carbons (Fsp3) is 1.00. The molecule has 1 heteroatoms. The standard InChI is InChI=1S/C20H42N/c1-7-13-19(14-8-2,15-9-3)21-20(16-10-4,17-11-5)18-12-6/h7-18H2,1-6H3. The van der Waals surface area contributed by atoms with Crippen molar-refractivity contribution in [2.45, 2.75) is 130 Å². The third-order valence-electron chi connectivity index (χ3n) is 4.77. The first-order valence-corrected chi connectivity index (χ1v) is 9.81. The van der Waals surface area contributed by atoms with E-state index in [1.54, 1.807) is 0 Å². The van der Waals surface area contributed by atoms with Crippen LogP contribution in [0.25, 0.3) is 0 Å². The number of rotatable bonds is 14. The van der Waals surface area contributed by atoms with Gasteiger partial charge in [0, 0.05) is 11.1 Å². The lowest BCUT2D eigenvalue weighted by molar-refractivity contribution is 0.128. The molecular weight excluding hydrogens is 254 g/mol. The normalized spacial score (nSPS) is 12.9. The number of nitrogens with zero attached hydrogens (tertiary/aromatic N) is 1. The van der Waals surface area contributed by atoms with Crippen LogP contribution in [0.1, 0.15) is 119 Å². The predicted octanol–water partition coefficient (Wildman–Crippen LogP) is 6.87. The molecule has 0 aromatic rings. The molecule has 1 nitrogen and oxygen atoms in total. The van der Waals surface area contributed by atoms with Gasteiger partial charge in [0.2, 0.25) is 0 Å². The van der Waals surface area contributed by atoms with Crippen LogP contribution in [0.3, 0.4) is 0 Å². The van der Waals surface area contributed by atoms with E-state index in [4.69, 9.17) is 5.32 Å². The Morgan fingerprint density at radius 3 is 0.762 bits per heavy atom. The van der Waals surface area contributed by atoms with Crippen LogP contribution in [0, 0.1) is 0 Å². The summed E-state index contributed by atoms with van der Waals surface area (Å²) >= 11 is 0. The summed E-state index contributed by atoms with van der Waals surface area (Å²) in [7, 11) is 0. The molecule has 0 aromatic heterocycles. The molecule has 0 saturated carbocycles. The molecule has 0 spiro atoms. The minimum absolute atomic E-state index is 0.262. The quantitative estimate of drug-likeness (QED) is 0.332. The van der Waals surface area contributed by atoms with Crippen LogP contribution in [-0.4, -0.2) is 11.1 Å². The SMILES string of the molecule is CCCC(CCC)(CCC)[N]C(CCC)(CCC)CCC. The van der Waals surface area contributed by atoms with Crippen LogP contribution in [0.5, 0.6) is 0 Å². The van der Waals surface area contributed by atoms with Crippen molar-refractivity contribution in [2.75, 3.05) is 0 Å². The maximum Gasteiger partial charge on any atom is 0.0363 e. The number of hydrogen-bond acceptors (Lipinski definition) is 0. The maximum atomic E-state index is 5.68. The molecular formula is C20H42N. The fourth-order valence-corrected chi connectivity index (χ4v) is 4.38. The van der Waals surface area contributed by atoms with E-state index in [1.165, 1.54) is 77.0 Å². The first-order chi connectivity index (χ1) is 10.1. The molecule has 21 heavy (non-hydrogen) atoms. The lowest BCUT2D eigenvalue weighted by Gasteiger charge is -2.44. The van der Waals surface area contributed by atoms with Crippen LogP contribution in [0.15, 0.2) is 0 Å². The minimum Gasteiger partial charge on any atom is -0.228 e. The second kappa shape index (κ2) is 11.5. The van der Waals surface area contributed by atoms with Crippen LogP contribution in [0.2, 0.25) is 0 Å². The van der Waals surface area contributed by atoms with E-state index in [0.29, 0.717) is 0 Å². The zero-order valence-electron chi connectivity index (χ0n) is 15.9. The zero-order chi connectivity index (χ0) is 16.2. The molecule has 0 atom stereocenters. The minimum atomic E-state index is 0.262. The molecule has 0 aliphatic rings. The van der Waals surface area contributed by atoms with E-state index in [-0.39, 0.29) is 11.1 Å². The van der Waals surface area contributed by atoms with Gasteiger partial charge in [-0.15, -0.1) is 0 Å². The van der Waals surface area contributed by atoms with E-state index in [2.05, 4.69) is 41.5 Å². The Morgan fingerprint density at radius 2 is 0.619 bits per heavy atom. The molecule has 0 fully saturated rings. The lowest BCUT2D eigenvalue weighted by Crippen LogP contribution is -2.52. The summed E-state index contributed by atoms with van der Waals surface area (Å²) in [6, 6.07) is 0. The second-order valence-electron chi connectivity index (χ2n) is 7.06. The van der Waals surface area contributed by atoms with Crippen molar-refractivity contribution in [3.63, 3.8) is 0 Å². The molecule has 0 aliphatic heterocycles. The average Bonchev–Trinajstić information content (AvgIpc) is 2.40. The molecule has 0 amide bonds. The first-order valence-electron chi connectivity index (χ1n) is 9.81. The Bertz CT molecular complexity index is 176. The molecule has 127 valence electrons. The molecule has 1 radical (unpaired) electrons. The molecule has 0 N–H and O–H groups in total. The molecule has 0 bridgehead atoms. The third-order valence-corrected chi connectivity index (χ3v) is 4.77. The van der Waals surface area contributed by atoms with Crippen molar-refractivity contribution < 1.29 is 0 Å². The molecule has 0 aliphatic carbocycles. The van der Waals surface area contributed by atoms with Crippen molar-refractivity contribution in [3.8, 4) is 0 Å². The zero-order valence-corrected chi connectivity index (χ0v) is 15.9. The van der Waals surface area contributed by atoms with Crippen molar-refractivity contribution in [2.24, 2.45) is 0 Å². The van der Waals surface area contributed by atoms with Gasteiger partial charge in [0.25, 0.3) is 0 Å². The van der Waals surface area contributed by atoms with Crippen LogP contribution >= 0.6 is 0 Å². The van der Waals surface area contributed by atoms with Gasteiger partial charge in [0.1, 0.15) is 0 Å². The Morgan fingerprint density at radius 1 is 0.429 bits per heavy atom. The van der Waals surface area contributed by atoms with Gasteiger partial charge in [-0.2, -0.15) is 0 Å². The Labute approximate surface area is 135 Å². The maximum absolute atomic E-state index is 5.68. The van der Waals surface area contributed by atoms with Crippen molar-refractivity contribution >= 4 is 0 Å². The summed E-state index contributed by atoms with van der Waals surface area (Å²) in [5, 5.41) is 5.68. The van der Waals surface area contributed by atoms with E-state index in [9.17, 15) is 0 Å². The monoisotopic (exact) mass is 296 g/mol. The highest BCUT2D eigenvalue weighted by atomic mass is 15.1. The van der Waals surface area contributed by atoms with E-state index < -0.39 is 0 Å². The van der Waals surface area contributed by atoms with Crippen molar-refractivity contribution in [1.29, 1.82) is 0 Å². The van der Waals surface area contributed by atoms with Gasteiger partial charge >= 0.3 is 0 Å². The van der Waals surface area contributed by atoms with Crippen molar-refractivity contribution in [1.82, 2.24) is 5.32 Å². The summed E-state index contributed by atoms with van der Waals surface area (Å²) in [5.41, 5.74) is 0.523. The topological polar surface area (TPSA) is 14.1 Å². The van der Waals surface area contributed by atoms with Gasteiger partial charge in [-0.1, -0.05) is 80.1 Å². The highest BCUT2D eigenvalue weighted by Gasteiger charge is 2.38. The Balaban J connectivity index is 5.30. The highest BCUT2D eigenvalue weighted by molar-refractivity contribution is 4.97. The molecule has 0 aromatic carbocycles. The van der Waals surface area contributed by atoms with Gasteiger partial charge in [-0.3, -0.25) is 0 Å². The van der Waals surface area contributed by atoms with Gasteiger partial charge < -0.3 is 0 Å². The fourth-order valence-electron chi connectivity index (χ4n) is 4.38.